The minimum atomic E-state index is -0.238. The standard InChI is InChI=1S/C16H19FN2O/c1-11-9-15(16(20)18(3)4)12(2)19(11)10-13-5-7-14(17)8-6-13/h5-9H,10H2,1-4H3. The molecule has 0 unspecified atom stereocenters. The summed E-state index contributed by atoms with van der Waals surface area (Å²) in [5, 5.41) is 0. The number of aromatic nitrogens is 1. The van der Waals surface area contributed by atoms with Gasteiger partial charge in [0.25, 0.3) is 5.91 Å². The molecule has 0 aliphatic carbocycles. The van der Waals surface area contributed by atoms with Gasteiger partial charge in [0.15, 0.2) is 0 Å². The van der Waals surface area contributed by atoms with Gasteiger partial charge in [-0.25, -0.2) is 4.39 Å². The Kier molecular flexibility index (Phi) is 3.93. The van der Waals surface area contributed by atoms with Crippen molar-refractivity contribution in [1.29, 1.82) is 0 Å². The van der Waals surface area contributed by atoms with Crippen LogP contribution in [0.1, 0.15) is 27.3 Å². The summed E-state index contributed by atoms with van der Waals surface area (Å²) in [6.45, 7) is 4.55. The van der Waals surface area contributed by atoms with Crippen molar-refractivity contribution in [1.82, 2.24) is 9.47 Å². The number of nitrogens with zero attached hydrogens (tertiary/aromatic N) is 2. The Hall–Kier alpha value is -2.10. The van der Waals surface area contributed by atoms with E-state index < -0.39 is 0 Å². The van der Waals surface area contributed by atoms with Gasteiger partial charge < -0.3 is 9.47 Å². The first-order valence-electron chi connectivity index (χ1n) is 6.53. The fraction of sp³-hybridized carbons (Fsp3) is 0.312. The third-order valence-corrected chi connectivity index (χ3v) is 3.46. The van der Waals surface area contributed by atoms with Gasteiger partial charge in [0.05, 0.1) is 5.56 Å². The Balaban J connectivity index is 2.33. The molecule has 4 heteroatoms. The zero-order valence-electron chi connectivity index (χ0n) is 12.3. The summed E-state index contributed by atoms with van der Waals surface area (Å²) in [5.41, 5.74) is 3.69. The van der Waals surface area contributed by atoms with E-state index in [1.807, 2.05) is 19.9 Å². The maximum Gasteiger partial charge on any atom is 0.255 e. The van der Waals surface area contributed by atoms with Crippen molar-refractivity contribution >= 4 is 5.91 Å². The highest BCUT2D eigenvalue weighted by Crippen LogP contribution is 2.18. The molecule has 1 amide bonds. The molecule has 1 heterocycles. The average Bonchev–Trinajstić information content (AvgIpc) is 2.68. The minimum Gasteiger partial charge on any atom is -0.345 e. The Labute approximate surface area is 118 Å². The van der Waals surface area contributed by atoms with Gasteiger partial charge in [-0.3, -0.25) is 4.79 Å². The molecule has 1 aromatic carbocycles. The highest BCUT2D eigenvalue weighted by atomic mass is 19.1. The number of aryl methyl sites for hydroxylation is 1. The number of rotatable bonds is 3. The molecule has 0 saturated heterocycles. The number of hydrogen-bond acceptors (Lipinski definition) is 1. The molecule has 0 N–H and O–H groups in total. The van der Waals surface area contributed by atoms with E-state index in [0.29, 0.717) is 6.54 Å². The quantitative estimate of drug-likeness (QED) is 0.844. The average molecular weight is 274 g/mol. The minimum absolute atomic E-state index is 0.00320. The molecule has 0 aliphatic heterocycles. The number of carbonyl (C=O) groups excluding carboxylic acids is 1. The van der Waals surface area contributed by atoms with Crippen LogP contribution < -0.4 is 0 Å². The van der Waals surface area contributed by atoms with E-state index in [9.17, 15) is 9.18 Å². The molecule has 0 bridgehead atoms. The predicted octanol–water partition coefficient (Wildman–Crippen LogP) is 2.99. The molecule has 20 heavy (non-hydrogen) atoms. The van der Waals surface area contributed by atoms with Crippen molar-refractivity contribution in [3.8, 4) is 0 Å². The van der Waals surface area contributed by atoms with E-state index in [1.165, 1.54) is 12.1 Å². The van der Waals surface area contributed by atoms with Crippen molar-refractivity contribution in [2.24, 2.45) is 0 Å². The lowest BCUT2D eigenvalue weighted by Gasteiger charge is -2.12. The number of halogens is 1. The van der Waals surface area contributed by atoms with Crippen molar-refractivity contribution in [3.63, 3.8) is 0 Å². The molecule has 2 rings (SSSR count). The lowest BCUT2D eigenvalue weighted by molar-refractivity contribution is 0.0827. The largest absolute Gasteiger partial charge is 0.345 e. The third kappa shape index (κ3) is 2.74. The highest BCUT2D eigenvalue weighted by Gasteiger charge is 2.17. The predicted molar refractivity (Wildman–Crippen MR) is 77.4 cm³/mol. The van der Waals surface area contributed by atoms with Crippen molar-refractivity contribution in [2.75, 3.05) is 14.1 Å². The molecule has 106 valence electrons. The van der Waals surface area contributed by atoms with Crippen molar-refractivity contribution in [2.45, 2.75) is 20.4 Å². The molecule has 0 spiro atoms. The molecule has 0 atom stereocenters. The molecule has 1 aromatic heterocycles. The second kappa shape index (κ2) is 5.49. The number of carbonyl (C=O) groups is 1. The van der Waals surface area contributed by atoms with Crippen LogP contribution in [0.2, 0.25) is 0 Å². The topological polar surface area (TPSA) is 25.2 Å². The van der Waals surface area contributed by atoms with Gasteiger partial charge in [-0.05, 0) is 37.6 Å². The lowest BCUT2D eigenvalue weighted by atomic mass is 10.2. The van der Waals surface area contributed by atoms with E-state index >= 15 is 0 Å². The van der Waals surface area contributed by atoms with E-state index in [1.54, 1.807) is 31.1 Å². The first-order valence-corrected chi connectivity index (χ1v) is 6.53. The number of benzene rings is 1. The normalized spacial score (nSPS) is 10.7. The monoisotopic (exact) mass is 274 g/mol. The summed E-state index contributed by atoms with van der Waals surface area (Å²) in [6.07, 6.45) is 0. The van der Waals surface area contributed by atoms with Crippen LogP contribution in [0.3, 0.4) is 0 Å². The zero-order chi connectivity index (χ0) is 14.9. The van der Waals surface area contributed by atoms with Gasteiger partial charge in [-0.1, -0.05) is 12.1 Å². The second-order valence-corrected chi connectivity index (χ2v) is 5.20. The van der Waals surface area contributed by atoms with Gasteiger partial charge in [0, 0.05) is 32.0 Å². The van der Waals surface area contributed by atoms with Crippen LogP contribution in [0, 0.1) is 19.7 Å². The summed E-state index contributed by atoms with van der Waals surface area (Å²) >= 11 is 0. The molecular formula is C16H19FN2O. The Morgan fingerprint density at radius 3 is 2.35 bits per heavy atom. The van der Waals surface area contributed by atoms with Gasteiger partial charge in [-0.2, -0.15) is 0 Å². The summed E-state index contributed by atoms with van der Waals surface area (Å²) in [7, 11) is 3.49. The molecule has 3 nitrogen and oxygen atoms in total. The van der Waals surface area contributed by atoms with E-state index in [0.717, 1.165) is 22.5 Å². The number of hydrogen-bond donors (Lipinski definition) is 0. The van der Waals surface area contributed by atoms with Crippen LogP contribution >= 0.6 is 0 Å². The Bertz CT molecular complexity index is 627. The molecule has 2 aromatic rings. The fourth-order valence-corrected chi connectivity index (χ4v) is 2.27. The molecule has 0 aliphatic rings. The van der Waals surface area contributed by atoms with Crippen LogP contribution in [0.15, 0.2) is 30.3 Å². The first kappa shape index (κ1) is 14.3. The third-order valence-electron chi connectivity index (χ3n) is 3.46. The smallest absolute Gasteiger partial charge is 0.255 e. The molecular weight excluding hydrogens is 255 g/mol. The van der Waals surface area contributed by atoms with Gasteiger partial charge >= 0.3 is 0 Å². The van der Waals surface area contributed by atoms with E-state index in [4.69, 9.17) is 0 Å². The maximum absolute atomic E-state index is 12.9. The molecule has 0 radical (unpaired) electrons. The Morgan fingerprint density at radius 1 is 1.20 bits per heavy atom. The van der Waals surface area contributed by atoms with Crippen LogP contribution in [0.25, 0.3) is 0 Å². The van der Waals surface area contributed by atoms with E-state index in [-0.39, 0.29) is 11.7 Å². The molecule has 0 fully saturated rings. The van der Waals surface area contributed by atoms with Crippen LogP contribution in [0.4, 0.5) is 4.39 Å². The summed E-state index contributed by atoms with van der Waals surface area (Å²) < 4.78 is 15.0. The van der Waals surface area contributed by atoms with Gasteiger partial charge in [0.1, 0.15) is 5.82 Å². The van der Waals surface area contributed by atoms with Gasteiger partial charge in [0.2, 0.25) is 0 Å². The summed E-state index contributed by atoms with van der Waals surface area (Å²) in [6, 6.07) is 8.34. The van der Waals surface area contributed by atoms with Crippen LogP contribution in [-0.4, -0.2) is 29.5 Å². The lowest BCUT2D eigenvalue weighted by Crippen LogP contribution is -2.22. The fourth-order valence-electron chi connectivity index (χ4n) is 2.27. The first-order chi connectivity index (χ1) is 9.40. The van der Waals surface area contributed by atoms with Gasteiger partial charge in [-0.15, -0.1) is 0 Å². The molecule has 0 saturated carbocycles. The summed E-state index contributed by atoms with van der Waals surface area (Å²) in [5.74, 6) is -0.235. The number of amides is 1. The van der Waals surface area contributed by atoms with Crippen LogP contribution in [-0.2, 0) is 6.54 Å². The highest BCUT2D eigenvalue weighted by molar-refractivity contribution is 5.95. The zero-order valence-corrected chi connectivity index (χ0v) is 12.3. The summed E-state index contributed by atoms with van der Waals surface area (Å²) in [4.78, 5) is 13.7. The van der Waals surface area contributed by atoms with E-state index in [2.05, 4.69) is 4.57 Å². The SMILES string of the molecule is Cc1cc(C(=O)N(C)C)c(C)n1Cc1ccc(F)cc1. The van der Waals surface area contributed by atoms with Crippen molar-refractivity contribution in [3.05, 3.63) is 58.7 Å². The second-order valence-electron chi connectivity index (χ2n) is 5.20. The Morgan fingerprint density at radius 2 is 1.80 bits per heavy atom. The maximum atomic E-state index is 12.9. The van der Waals surface area contributed by atoms with Crippen LogP contribution in [0.5, 0.6) is 0 Å². The van der Waals surface area contributed by atoms with Crippen molar-refractivity contribution < 1.29 is 9.18 Å².